The zero-order valence-corrected chi connectivity index (χ0v) is 14.3. The van der Waals surface area contributed by atoms with Gasteiger partial charge in [-0.05, 0) is 37.8 Å². The quantitative estimate of drug-likeness (QED) is 0.843. The van der Waals surface area contributed by atoms with Gasteiger partial charge in [0, 0.05) is 18.2 Å². The maximum absolute atomic E-state index is 13.1. The van der Waals surface area contributed by atoms with Crippen LogP contribution in [0.3, 0.4) is 0 Å². The molecule has 0 spiro atoms. The van der Waals surface area contributed by atoms with Crippen molar-refractivity contribution in [3.05, 3.63) is 36.7 Å². The van der Waals surface area contributed by atoms with Crippen molar-refractivity contribution in [2.75, 3.05) is 7.11 Å². The summed E-state index contributed by atoms with van der Waals surface area (Å²) in [5, 5.41) is 8.45. The third kappa shape index (κ3) is 2.50. The molecule has 1 aromatic heterocycles. The van der Waals surface area contributed by atoms with E-state index in [0.29, 0.717) is 10.6 Å². The molecule has 0 radical (unpaired) electrons. The molecule has 3 heterocycles. The lowest BCUT2D eigenvalue weighted by molar-refractivity contribution is 0.174. The minimum absolute atomic E-state index is 0.0101. The van der Waals surface area contributed by atoms with Crippen molar-refractivity contribution >= 4 is 10.0 Å². The maximum atomic E-state index is 13.1. The van der Waals surface area contributed by atoms with Gasteiger partial charge < -0.3 is 4.74 Å². The van der Waals surface area contributed by atoms with Gasteiger partial charge in [-0.1, -0.05) is 6.07 Å². The van der Waals surface area contributed by atoms with Gasteiger partial charge in [0.2, 0.25) is 10.0 Å². The van der Waals surface area contributed by atoms with Crippen LogP contribution in [0.4, 0.5) is 0 Å². The summed E-state index contributed by atoms with van der Waals surface area (Å²) in [5.41, 5.74) is 0. The highest BCUT2D eigenvalue weighted by atomic mass is 32.2. The van der Waals surface area contributed by atoms with E-state index in [-0.39, 0.29) is 18.1 Å². The van der Waals surface area contributed by atoms with Gasteiger partial charge in [-0.3, -0.25) is 0 Å². The number of rotatable bonds is 4. The molecule has 4 rings (SSSR count). The molecule has 0 aliphatic carbocycles. The van der Waals surface area contributed by atoms with Crippen LogP contribution in [0.15, 0.2) is 41.6 Å². The Morgan fingerprint density at radius 3 is 2.38 bits per heavy atom. The number of piperidine rings is 1. The molecule has 2 aromatic rings. The van der Waals surface area contributed by atoms with Crippen molar-refractivity contribution in [3.8, 4) is 5.75 Å². The lowest BCUT2D eigenvalue weighted by atomic mass is 10.0. The van der Waals surface area contributed by atoms with Gasteiger partial charge in [-0.2, -0.15) is 19.3 Å². The Morgan fingerprint density at radius 1 is 1.08 bits per heavy atom. The van der Waals surface area contributed by atoms with E-state index in [1.165, 1.54) is 7.11 Å². The smallest absolute Gasteiger partial charge is 0.243 e. The highest BCUT2D eigenvalue weighted by molar-refractivity contribution is 7.89. The molecule has 2 unspecified atom stereocenters. The average molecular weight is 348 g/mol. The maximum Gasteiger partial charge on any atom is 0.243 e. The summed E-state index contributed by atoms with van der Waals surface area (Å²) in [6.07, 6.45) is 6.64. The second-order valence-electron chi connectivity index (χ2n) is 6.37. The number of nitrogens with zero attached hydrogens (tertiary/aromatic N) is 4. The number of methoxy groups -OCH3 is 1. The van der Waals surface area contributed by atoms with Gasteiger partial charge in [0.15, 0.2) is 0 Å². The first-order chi connectivity index (χ1) is 11.6. The number of hydrogen-bond donors (Lipinski definition) is 0. The molecule has 2 atom stereocenters. The first-order valence-electron chi connectivity index (χ1n) is 8.13. The van der Waals surface area contributed by atoms with Crippen LogP contribution in [0.25, 0.3) is 0 Å². The van der Waals surface area contributed by atoms with E-state index in [2.05, 4.69) is 10.2 Å². The molecule has 2 saturated heterocycles. The lowest BCUT2D eigenvalue weighted by Gasteiger charge is -2.37. The highest BCUT2D eigenvalue weighted by Gasteiger charge is 2.48. The van der Waals surface area contributed by atoms with Crippen LogP contribution >= 0.6 is 0 Å². The SMILES string of the molecule is COc1cccc(S(=O)(=O)N2C3CCC2CC(n2nccn2)C3)c1. The van der Waals surface area contributed by atoms with Gasteiger partial charge in [0.1, 0.15) is 5.75 Å². The number of sulfonamides is 1. The Kier molecular flexibility index (Phi) is 3.80. The lowest BCUT2D eigenvalue weighted by Crippen LogP contribution is -2.47. The summed E-state index contributed by atoms with van der Waals surface area (Å²) in [6.45, 7) is 0. The van der Waals surface area contributed by atoms with E-state index < -0.39 is 10.0 Å². The molecule has 24 heavy (non-hydrogen) atoms. The van der Waals surface area contributed by atoms with Crippen LogP contribution in [-0.2, 0) is 10.0 Å². The average Bonchev–Trinajstić information content (AvgIpc) is 3.22. The summed E-state index contributed by atoms with van der Waals surface area (Å²) in [5.74, 6) is 0.555. The monoisotopic (exact) mass is 348 g/mol. The van der Waals surface area contributed by atoms with E-state index in [9.17, 15) is 8.42 Å². The fraction of sp³-hybridized carbons (Fsp3) is 0.500. The molecular formula is C16H20N4O3S. The molecule has 128 valence electrons. The summed E-state index contributed by atoms with van der Waals surface area (Å²) < 4.78 is 33.2. The van der Waals surface area contributed by atoms with Crippen LogP contribution in [0, 0.1) is 0 Å². The van der Waals surface area contributed by atoms with Crippen LogP contribution in [0.2, 0.25) is 0 Å². The van der Waals surface area contributed by atoms with Crippen molar-refractivity contribution in [2.24, 2.45) is 0 Å². The Morgan fingerprint density at radius 2 is 1.75 bits per heavy atom. The number of aromatic nitrogens is 3. The summed E-state index contributed by atoms with van der Waals surface area (Å²) in [4.78, 5) is 2.02. The zero-order chi connectivity index (χ0) is 16.7. The van der Waals surface area contributed by atoms with Gasteiger partial charge in [-0.25, -0.2) is 8.42 Å². The number of benzene rings is 1. The Labute approximate surface area is 141 Å². The highest BCUT2D eigenvalue weighted by Crippen LogP contribution is 2.43. The van der Waals surface area contributed by atoms with E-state index in [4.69, 9.17) is 4.74 Å². The van der Waals surface area contributed by atoms with Crippen LogP contribution in [0.5, 0.6) is 5.75 Å². The number of hydrogen-bond acceptors (Lipinski definition) is 5. The normalized spacial score (nSPS) is 27.3. The predicted molar refractivity (Wildman–Crippen MR) is 87.1 cm³/mol. The predicted octanol–water partition coefficient (Wildman–Crippen LogP) is 1.84. The zero-order valence-electron chi connectivity index (χ0n) is 13.4. The van der Waals surface area contributed by atoms with Gasteiger partial charge in [-0.15, -0.1) is 0 Å². The molecule has 2 bridgehead atoms. The second-order valence-corrected chi connectivity index (χ2v) is 8.22. The molecule has 0 saturated carbocycles. The Bertz CT molecular complexity index is 808. The molecule has 8 heteroatoms. The van der Waals surface area contributed by atoms with Gasteiger partial charge in [0.25, 0.3) is 0 Å². The molecular weight excluding hydrogens is 328 g/mol. The van der Waals surface area contributed by atoms with Crippen molar-refractivity contribution < 1.29 is 13.2 Å². The fourth-order valence-corrected chi connectivity index (χ4v) is 5.91. The van der Waals surface area contributed by atoms with Gasteiger partial charge in [0.05, 0.1) is 30.4 Å². The summed E-state index contributed by atoms with van der Waals surface area (Å²) in [6, 6.07) is 6.90. The van der Waals surface area contributed by atoms with Crippen LogP contribution in [0.1, 0.15) is 31.7 Å². The molecule has 2 fully saturated rings. The molecule has 0 amide bonds. The summed E-state index contributed by atoms with van der Waals surface area (Å²) in [7, 11) is -1.98. The van der Waals surface area contributed by atoms with Gasteiger partial charge >= 0.3 is 0 Å². The molecule has 2 aliphatic rings. The van der Waals surface area contributed by atoms with Crippen molar-refractivity contribution in [1.82, 2.24) is 19.3 Å². The molecule has 0 N–H and O–H groups in total. The second kappa shape index (κ2) is 5.86. The largest absolute Gasteiger partial charge is 0.497 e. The first-order valence-corrected chi connectivity index (χ1v) is 9.57. The minimum Gasteiger partial charge on any atom is -0.497 e. The van der Waals surface area contributed by atoms with E-state index in [0.717, 1.165) is 25.7 Å². The van der Waals surface area contributed by atoms with Crippen LogP contribution in [-0.4, -0.2) is 46.9 Å². The fourth-order valence-electron chi connectivity index (χ4n) is 3.98. The number of ether oxygens (including phenoxy) is 1. The van der Waals surface area contributed by atoms with Crippen LogP contribution < -0.4 is 4.74 Å². The summed E-state index contributed by atoms with van der Waals surface area (Å²) >= 11 is 0. The van der Waals surface area contributed by atoms with Crippen molar-refractivity contribution in [2.45, 2.75) is 48.7 Å². The molecule has 1 aromatic carbocycles. The molecule has 7 nitrogen and oxygen atoms in total. The topological polar surface area (TPSA) is 77.3 Å². The molecule has 2 aliphatic heterocycles. The Hall–Kier alpha value is -1.93. The Balaban J connectivity index is 1.63. The standard InChI is InChI=1S/C16H20N4O3S/c1-23-15-3-2-4-16(11-15)24(21,22)19-12-5-6-13(19)10-14(9-12)20-17-7-8-18-20/h2-4,7-8,11-14H,5-6,9-10H2,1H3. The minimum atomic E-state index is -3.52. The first kappa shape index (κ1) is 15.6. The van der Waals surface area contributed by atoms with Crippen molar-refractivity contribution in [1.29, 1.82) is 0 Å². The van der Waals surface area contributed by atoms with E-state index >= 15 is 0 Å². The third-order valence-electron chi connectivity index (χ3n) is 5.02. The van der Waals surface area contributed by atoms with E-state index in [1.54, 1.807) is 45.8 Å². The van der Waals surface area contributed by atoms with Crippen molar-refractivity contribution in [3.63, 3.8) is 0 Å². The third-order valence-corrected chi connectivity index (χ3v) is 7.02. The number of fused-ring (bicyclic) bond motifs is 2. The van der Waals surface area contributed by atoms with E-state index in [1.807, 2.05) is 0 Å².